The molecule has 1 aromatic heterocycles. The first-order valence-electron chi connectivity index (χ1n) is 5.30. The molecule has 17 heavy (non-hydrogen) atoms. The summed E-state index contributed by atoms with van der Waals surface area (Å²) in [7, 11) is 0. The van der Waals surface area contributed by atoms with Crippen molar-refractivity contribution in [1.29, 1.82) is 0 Å². The van der Waals surface area contributed by atoms with Gasteiger partial charge in [0.25, 0.3) is 5.89 Å². The van der Waals surface area contributed by atoms with E-state index in [2.05, 4.69) is 10.1 Å². The third-order valence-corrected chi connectivity index (χ3v) is 3.05. The summed E-state index contributed by atoms with van der Waals surface area (Å²) in [6, 6.07) is 4.01. The van der Waals surface area contributed by atoms with Crippen LogP contribution in [0.1, 0.15) is 17.0 Å². The zero-order chi connectivity index (χ0) is 12.4. The van der Waals surface area contributed by atoms with E-state index in [1.807, 2.05) is 32.2 Å². The molecule has 2 aromatic rings. The van der Waals surface area contributed by atoms with E-state index in [-0.39, 0.29) is 0 Å². The van der Waals surface area contributed by atoms with E-state index in [9.17, 15) is 0 Å². The van der Waals surface area contributed by atoms with E-state index < -0.39 is 0 Å². The number of rotatable bonds is 3. The molecule has 0 radical (unpaired) electrons. The van der Waals surface area contributed by atoms with Gasteiger partial charge < -0.3 is 10.3 Å². The van der Waals surface area contributed by atoms with Gasteiger partial charge in [-0.05, 0) is 37.3 Å². The highest BCUT2D eigenvalue weighted by atomic mass is 32.2. The molecular formula is C12H15N3OS. The average Bonchev–Trinajstić information content (AvgIpc) is 2.72. The Morgan fingerprint density at radius 3 is 2.82 bits per heavy atom. The first-order chi connectivity index (χ1) is 8.11. The molecule has 90 valence electrons. The molecule has 0 bridgehead atoms. The highest BCUT2D eigenvalue weighted by molar-refractivity contribution is 7.97. The van der Waals surface area contributed by atoms with Crippen molar-refractivity contribution in [2.75, 3.05) is 12.0 Å². The fourth-order valence-electron chi connectivity index (χ4n) is 1.71. The van der Waals surface area contributed by atoms with Crippen LogP contribution in [0.2, 0.25) is 0 Å². The highest BCUT2D eigenvalue weighted by Gasteiger charge is 2.13. The zero-order valence-electron chi connectivity index (χ0n) is 10.2. The molecule has 5 heteroatoms. The minimum atomic E-state index is 0.498. The minimum Gasteiger partial charge on any atom is -0.398 e. The van der Waals surface area contributed by atoms with Crippen LogP contribution in [-0.4, -0.2) is 16.4 Å². The maximum absolute atomic E-state index is 6.03. The van der Waals surface area contributed by atoms with E-state index >= 15 is 0 Å². The molecule has 0 saturated carbocycles. The van der Waals surface area contributed by atoms with Crippen molar-refractivity contribution < 1.29 is 4.52 Å². The molecule has 0 aliphatic rings. The number of aryl methyl sites for hydroxylation is 2. The van der Waals surface area contributed by atoms with Crippen LogP contribution in [-0.2, 0) is 5.75 Å². The van der Waals surface area contributed by atoms with Crippen molar-refractivity contribution in [3.63, 3.8) is 0 Å². The lowest BCUT2D eigenvalue weighted by Gasteiger charge is -2.06. The summed E-state index contributed by atoms with van der Waals surface area (Å²) in [6.07, 6.45) is 2.00. The molecule has 0 fully saturated rings. The maximum Gasteiger partial charge on any atom is 0.260 e. The Hall–Kier alpha value is -1.49. The Kier molecular flexibility index (Phi) is 3.38. The molecule has 0 aliphatic carbocycles. The number of thioether (sulfide) groups is 1. The number of nitrogens with zero attached hydrogens (tertiary/aromatic N) is 2. The third kappa shape index (κ3) is 2.44. The summed E-state index contributed by atoms with van der Waals surface area (Å²) >= 11 is 1.66. The quantitative estimate of drug-likeness (QED) is 0.847. The van der Waals surface area contributed by atoms with Crippen LogP contribution in [0.4, 0.5) is 5.69 Å². The van der Waals surface area contributed by atoms with Crippen LogP contribution in [0.5, 0.6) is 0 Å². The summed E-state index contributed by atoms with van der Waals surface area (Å²) in [4.78, 5) is 4.33. The van der Waals surface area contributed by atoms with Crippen LogP contribution in [0, 0.1) is 13.8 Å². The average molecular weight is 249 g/mol. The number of anilines is 1. The van der Waals surface area contributed by atoms with Crippen molar-refractivity contribution in [2.45, 2.75) is 19.6 Å². The van der Waals surface area contributed by atoms with Gasteiger partial charge >= 0.3 is 0 Å². The van der Waals surface area contributed by atoms with Crippen molar-refractivity contribution in [3.8, 4) is 11.5 Å². The largest absolute Gasteiger partial charge is 0.398 e. The Labute approximate surface area is 105 Å². The van der Waals surface area contributed by atoms with Crippen LogP contribution < -0.4 is 5.73 Å². The zero-order valence-corrected chi connectivity index (χ0v) is 11.0. The Morgan fingerprint density at radius 2 is 2.12 bits per heavy atom. The van der Waals surface area contributed by atoms with Gasteiger partial charge in [0.05, 0.1) is 11.3 Å². The van der Waals surface area contributed by atoms with E-state index in [1.165, 1.54) is 0 Å². The molecule has 1 aromatic carbocycles. The van der Waals surface area contributed by atoms with Gasteiger partial charge in [-0.15, -0.1) is 0 Å². The van der Waals surface area contributed by atoms with E-state index in [0.29, 0.717) is 17.4 Å². The second-order valence-corrected chi connectivity index (χ2v) is 4.86. The summed E-state index contributed by atoms with van der Waals surface area (Å²) in [5.41, 5.74) is 9.73. The van der Waals surface area contributed by atoms with Gasteiger partial charge in [0, 0.05) is 5.69 Å². The van der Waals surface area contributed by atoms with Crippen molar-refractivity contribution in [1.82, 2.24) is 10.1 Å². The molecule has 0 atom stereocenters. The Bertz CT molecular complexity index is 537. The van der Waals surface area contributed by atoms with Crippen molar-refractivity contribution >= 4 is 17.4 Å². The normalized spacial score (nSPS) is 10.8. The number of nitrogen functional groups attached to an aromatic ring is 1. The van der Waals surface area contributed by atoms with Crippen LogP contribution in [0.25, 0.3) is 11.5 Å². The van der Waals surface area contributed by atoms with Crippen molar-refractivity contribution in [3.05, 3.63) is 29.1 Å². The summed E-state index contributed by atoms with van der Waals surface area (Å²) in [5, 5.41) is 3.92. The van der Waals surface area contributed by atoms with Crippen molar-refractivity contribution in [2.24, 2.45) is 0 Å². The standard InChI is InChI=1S/C12H15N3OS/c1-7-4-8(2)11(13)9(5-7)12-14-10(6-17-3)15-16-12/h4-5H,6,13H2,1-3H3. The topological polar surface area (TPSA) is 64.9 Å². The molecule has 2 rings (SSSR count). The Morgan fingerprint density at radius 1 is 1.35 bits per heavy atom. The van der Waals surface area contributed by atoms with Gasteiger partial charge in [-0.3, -0.25) is 0 Å². The van der Waals surface area contributed by atoms with Crippen LogP contribution >= 0.6 is 11.8 Å². The van der Waals surface area contributed by atoms with Gasteiger partial charge in [-0.1, -0.05) is 11.2 Å². The van der Waals surface area contributed by atoms with E-state index in [4.69, 9.17) is 10.3 Å². The molecule has 0 saturated heterocycles. The maximum atomic E-state index is 6.03. The predicted molar refractivity (Wildman–Crippen MR) is 70.8 cm³/mol. The second kappa shape index (κ2) is 4.79. The molecule has 0 amide bonds. The SMILES string of the molecule is CSCc1noc(-c2cc(C)cc(C)c2N)n1. The molecule has 0 aliphatic heterocycles. The van der Waals surface area contributed by atoms with Gasteiger partial charge in [-0.25, -0.2) is 0 Å². The summed E-state index contributed by atoms with van der Waals surface area (Å²) in [5.74, 6) is 1.94. The van der Waals surface area contributed by atoms with Crippen LogP contribution in [0.15, 0.2) is 16.7 Å². The number of aromatic nitrogens is 2. The first kappa shape index (κ1) is 12.0. The number of benzene rings is 1. The van der Waals surface area contributed by atoms with Crippen LogP contribution in [0.3, 0.4) is 0 Å². The van der Waals surface area contributed by atoms with E-state index in [1.54, 1.807) is 11.8 Å². The number of nitrogens with two attached hydrogens (primary N) is 1. The van der Waals surface area contributed by atoms with Gasteiger partial charge in [0.1, 0.15) is 0 Å². The highest BCUT2D eigenvalue weighted by Crippen LogP contribution is 2.28. The number of hydrogen-bond donors (Lipinski definition) is 1. The van der Waals surface area contributed by atoms with Gasteiger partial charge in [0.2, 0.25) is 0 Å². The summed E-state index contributed by atoms with van der Waals surface area (Å²) < 4.78 is 5.24. The molecule has 1 heterocycles. The minimum absolute atomic E-state index is 0.498. The fraction of sp³-hybridized carbons (Fsp3) is 0.333. The van der Waals surface area contributed by atoms with E-state index in [0.717, 1.165) is 22.4 Å². The second-order valence-electron chi connectivity index (χ2n) is 3.99. The molecule has 2 N–H and O–H groups in total. The molecule has 0 spiro atoms. The Balaban J connectivity index is 2.44. The number of hydrogen-bond acceptors (Lipinski definition) is 5. The smallest absolute Gasteiger partial charge is 0.260 e. The first-order valence-corrected chi connectivity index (χ1v) is 6.70. The lowest BCUT2D eigenvalue weighted by atomic mass is 10.0. The lowest BCUT2D eigenvalue weighted by Crippen LogP contribution is -1.95. The summed E-state index contributed by atoms with van der Waals surface area (Å²) in [6.45, 7) is 4.00. The molecule has 4 nitrogen and oxygen atoms in total. The molecular weight excluding hydrogens is 234 g/mol. The fourth-order valence-corrected chi connectivity index (χ4v) is 2.08. The monoisotopic (exact) mass is 249 g/mol. The lowest BCUT2D eigenvalue weighted by molar-refractivity contribution is 0.425. The molecule has 0 unspecified atom stereocenters. The third-order valence-electron chi connectivity index (χ3n) is 2.50. The van der Waals surface area contributed by atoms with Gasteiger partial charge in [0.15, 0.2) is 5.82 Å². The predicted octanol–water partition coefficient (Wildman–Crippen LogP) is 2.80. The van der Waals surface area contributed by atoms with Gasteiger partial charge in [-0.2, -0.15) is 16.7 Å².